The van der Waals surface area contributed by atoms with Crippen LogP contribution in [0, 0.1) is 0 Å². The number of rotatable bonds is 3. The highest BCUT2D eigenvalue weighted by Gasteiger charge is 2.45. The fourth-order valence-corrected chi connectivity index (χ4v) is 2.86. The minimum atomic E-state index is -0.477. The lowest BCUT2D eigenvalue weighted by atomic mass is 9.96. The quantitative estimate of drug-likeness (QED) is 0.783. The molecule has 2 aliphatic heterocycles. The fraction of sp³-hybridized carbons (Fsp3) is 1.00. The first kappa shape index (κ1) is 12.3. The van der Waals surface area contributed by atoms with Gasteiger partial charge >= 0.3 is 0 Å². The Kier molecular flexibility index (Phi) is 3.85. The average molecular weight is 229 g/mol. The van der Waals surface area contributed by atoms with Gasteiger partial charge in [-0.1, -0.05) is 6.42 Å². The van der Waals surface area contributed by atoms with Crippen LogP contribution in [0.25, 0.3) is 0 Å². The first-order chi connectivity index (χ1) is 7.65. The normalized spacial score (nSPS) is 41.4. The standard InChI is InChI=1S/C12H23NO3/c1-12(11-5-3-4-7-13(11)2)15-9-10(16-12)6-8-14/h10-11,14H,3-9H2,1-2H3. The lowest BCUT2D eigenvalue weighted by molar-refractivity contribution is -0.202. The molecule has 0 aliphatic carbocycles. The molecule has 4 nitrogen and oxygen atoms in total. The van der Waals surface area contributed by atoms with E-state index in [1.54, 1.807) is 0 Å². The highest BCUT2D eigenvalue weighted by molar-refractivity contribution is 4.90. The molecule has 0 amide bonds. The number of nitrogens with zero attached hydrogens (tertiary/aromatic N) is 1. The van der Waals surface area contributed by atoms with Crippen LogP contribution in [0.1, 0.15) is 32.6 Å². The van der Waals surface area contributed by atoms with Crippen molar-refractivity contribution in [3.63, 3.8) is 0 Å². The molecule has 3 unspecified atom stereocenters. The van der Waals surface area contributed by atoms with Crippen LogP contribution in [0.5, 0.6) is 0 Å². The molecule has 0 radical (unpaired) electrons. The van der Waals surface area contributed by atoms with Crippen LogP contribution in [0.2, 0.25) is 0 Å². The molecule has 94 valence electrons. The van der Waals surface area contributed by atoms with Gasteiger partial charge in [-0.3, -0.25) is 4.90 Å². The number of aliphatic hydroxyl groups is 1. The van der Waals surface area contributed by atoms with Crippen molar-refractivity contribution in [1.82, 2.24) is 4.90 Å². The van der Waals surface area contributed by atoms with Gasteiger partial charge in [0.1, 0.15) is 0 Å². The van der Waals surface area contributed by atoms with E-state index >= 15 is 0 Å². The molecule has 2 rings (SSSR count). The Labute approximate surface area is 97.5 Å². The van der Waals surface area contributed by atoms with Gasteiger partial charge in [0.05, 0.1) is 18.8 Å². The van der Waals surface area contributed by atoms with Crippen LogP contribution >= 0.6 is 0 Å². The molecule has 3 atom stereocenters. The van der Waals surface area contributed by atoms with Crippen molar-refractivity contribution in [3.8, 4) is 0 Å². The van der Waals surface area contributed by atoms with Gasteiger partial charge in [-0.25, -0.2) is 0 Å². The van der Waals surface area contributed by atoms with Crippen molar-refractivity contribution >= 4 is 0 Å². The van der Waals surface area contributed by atoms with Crippen LogP contribution < -0.4 is 0 Å². The predicted octanol–water partition coefficient (Wildman–Crippen LogP) is 0.985. The molecule has 2 heterocycles. The molecule has 0 aromatic rings. The maximum atomic E-state index is 8.91. The smallest absolute Gasteiger partial charge is 0.181 e. The van der Waals surface area contributed by atoms with Crippen LogP contribution in [0.3, 0.4) is 0 Å². The molecule has 0 aromatic heterocycles. The molecular formula is C12H23NO3. The lowest BCUT2D eigenvalue weighted by Gasteiger charge is -2.41. The number of aliphatic hydroxyl groups excluding tert-OH is 1. The fourth-order valence-electron chi connectivity index (χ4n) is 2.86. The van der Waals surface area contributed by atoms with Gasteiger partial charge in [0.2, 0.25) is 0 Å². The van der Waals surface area contributed by atoms with Crippen LogP contribution in [-0.4, -0.2) is 54.7 Å². The van der Waals surface area contributed by atoms with Crippen molar-refractivity contribution < 1.29 is 14.6 Å². The van der Waals surface area contributed by atoms with Crippen molar-refractivity contribution in [2.24, 2.45) is 0 Å². The zero-order valence-electron chi connectivity index (χ0n) is 10.3. The Balaban J connectivity index is 1.97. The number of hydrogen-bond donors (Lipinski definition) is 1. The molecule has 2 saturated heterocycles. The number of hydrogen-bond acceptors (Lipinski definition) is 4. The van der Waals surface area contributed by atoms with Crippen LogP contribution in [0.15, 0.2) is 0 Å². The van der Waals surface area contributed by atoms with E-state index in [0.717, 1.165) is 13.0 Å². The van der Waals surface area contributed by atoms with E-state index in [0.29, 0.717) is 19.1 Å². The van der Waals surface area contributed by atoms with Crippen LogP contribution in [-0.2, 0) is 9.47 Å². The second kappa shape index (κ2) is 5.00. The summed E-state index contributed by atoms with van der Waals surface area (Å²) in [5, 5.41) is 8.91. The third-order valence-electron chi connectivity index (χ3n) is 3.78. The van der Waals surface area contributed by atoms with E-state index in [1.165, 1.54) is 12.8 Å². The van der Waals surface area contributed by atoms with Crippen molar-refractivity contribution in [1.29, 1.82) is 0 Å². The highest BCUT2D eigenvalue weighted by Crippen LogP contribution is 2.34. The minimum Gasteiger partial charge on any atom is -0.396 e. The minimum absolute atomic E-state index is 0.0605. The Morgan fingerprint density at radius 1 is 1.44 bits per heavy atom. The maximum Gasteiger partial charge on any atom is 0.181 e. The summed E-state index contributed by atoms with van der Waals surface area (Å²) in [5.41, 5.74) is 0. The second-order valence-electron chi connectivity index (χ2n) is 5.07. The molecular weight excluding hydrogens is 206 g/mol. The number of piperidine rings is 1. The SMILES string of the molecule is CN1CCCCC1C1(C)OCC(CCO)O1. The van der Waals surface area contributed by atoms with E-state index < -0.39 is 5.79 Å². The Morgan fingerprint density at radius 3 is 2.94 bits per heavy atom. The van der Waals surface area contributed by atoms with Crippen molar-refractivity contribution in [2.75, 3.05) is 26.8 Å². The third kappa shape index (κ3) is 2.40. The second-order valence-corrected chi connectivity index (χ2v) is 5.07. The van der Waals surface area contributed by atoms with E-state index in [1.807, 2.05) is 6.92 Å². The van der Waals surface area contributed by atoms with Gasteiger partial charge in [-0.05, 0) is 39.8 Å². The number of ether oxygens (including phenoxy) is 2. The first-order valence-electron chi connectivity index (χ1n) is 6.28. The van der Waals surface area contributed by atoms with Crippen LogP contribution in [0.4, 0.5) is 0 Å². The summed E-state index contributed by atoms with van der Waals surface area (Å²) in [6.07, 6.45) is 4.39. The first-order valence-corrected chi connectivity index (χ1v) is 6.28. The summed E-state index contributed by atoms with van der Waals surface area (Å²) in [7, 11) is 2.14. The van der Waals surface area contributed by atoms with Gasteiger partial charge in [0.25, 0.3) is 0 Å². The maximum absolute atomic E-state index is 8.91. The van der Waals surface area contributed by atoms with Gasteiger partial charge < -0.3 is 14.6 Å². The topological polar surface area (TPSA) is 41.9 Å². The predicted molar refractivity (Wildman–Crippen MR) is 61.2 cm³/mol. The lowest BCUT2D eigenvalue weighted by Crippen LogP contribution is -2.52. The summed E-state index contributed by atoms with van der Waals surface area (Å²) in [6.45, 7) is 3.94. The molecule has 0 bridgehead atoms. The Hall–Kier alpha value is -0.160. The number of likely N-dealkylation sites (tertiary alicyclic amines) is 1. The molecule has 0 saturated carbocycles. The largest absolute Gasteiger partial charge is 0.396 e. The van der Waals surface area contributed by atoms with Gasteiger partial charge in [0, 0.05) is 6.61 Å². The Bertz CT molecular complexity index is 236. The molecule has 2 aliphatic rings. The van der Waals surface area contributed by atoms with E-state index in [-0.39, 0.29) is 12.7 Å². The molecule has 16 heavy (non-hydrogen) atoms. The zero-order valence-corrected chi connectivity index (χ0v) is 10.3. The average Bonchev–Trinajstić information content (AvgIpc) is 2.62. The molecule has 2 fully saturated rings. The molecule has 4 heteroatoms. The van der Waals surface area contributed by atoms with Gasteiger partial charge in [-0.15, -0.1) is 0 Å². The van der Waals surface area contributed by atoms with E-state index in [2.05, 4.69) is 11.9 Å². The summed E-state index contributed by atoms with van der Waals surface area (Å²) >= 11 is 0. The van der Waals surface area contributed by atoms with Gasteiger partial charge in [0.15, 0.2) is 5.79 Å². The number of likely N-dealkylation sites (N-methyl/N-ethyl adjacent to an activating group) is 1. The van der Waals surface area contributed by atoms with E-state index in [9.17, 15) is 0 Å². The summed E-state index contributed by atoms with van der Waals surface area (Å²) in [4.78, 5) is 2.34. The summed E-state index contributed by atoms with van der Waals surface area (Å²) in [5.74, 6) is -0.477. The highest BCUT2D eigenvalue weighted by atomic mass is 16.7. The van der Waals surface area contributed by atoms with E-state index in [4.69, 9.17) is 14.6 Å². The molecule has 0 aromatic carbocycles. The van der Waals surface area contributed by atoms with Crippen molar-refractivity contribution in [2.45, 2.75) is 50.5 Å². The monoisotopic (exact) mass is 229 g/mol. The zero-order chi connectivity index (χ0) is 11.6. The third-order valence-corrected chi connectivity index (χ3v) is 3.78. The Morgan fingerprint density at radius 2 is 2.25 bits per heavy atom. The van der Waals surface area contributed by atoms with Gasteiger partial charge in [-0.2, -0.15) is 0 Å². The summed E-state index contributed by atoms with van der Waals surface area (Å²) in [6, 6.07) is 0.352. The van der Waals surface area contributed by atoms with Crippen molar-refractivity contribution in [3.05, 3.63) is 0 Å². The summed E-state index contributed by atoms with van der Waals surface area (Å²) < 4.78 is 11.8. The molecule has 1 N–H and O–H groups in total. The molecule has 0 spiro atoms.